The second-order valence-corrected chi connectivity index (χ2v) is 5.78. The zero-order valence-electron chi connectivity index (χ0n) is 15.6. The van der Waals surface area contributed by atoms with Crippen LogP contribution in [0, 0.1) is 10.1 Å². The summed E-state index contributed by atoms with van der Waals surface area (Å²) in [6.45, 7) is 0. The highest BCUT2D eigenvalue weighted by atomic mass is 16.6. The largest absolute Gasteiger partial charge is 0.497 e. The molecule has 0 aliphatic carbocycles. The fourth-order valence-corrected chi connectivity index (χ4v) is 2.49. The number of aromatic amines is 1. The Labute approximate surface area is 165 Å². The van der Waals surface area contributed by atoms with E-state index in [1.165, 1.54) is 37.6 Å². The van der Waals surface area contributed by atoms with Crippen molar-refractivity contribution in [1.82, 2.24) is 15.6 Å². The minimum atomic E-state index is -0.491. The third kappa shape index (κ3) is 4.56. The first-order chi connectivity index (χ1) is 14.0. The second kappa shape index (κ2) is 8.65. The quantitative estimate of drug-likeness (QED) is 0.359. The highest BCUT2D eigenvalue weighted by Crippen LogP contribution is 2.32. The van der Waals surface area contributed by atoms with Gasteiger partial charge < -0.3 is 9.47 Å². The van der Waals surface area contributed by atoms with Crippen molar-refractivity contribution in [2.24, 2.45) is 5.10 Å². The van der Waals surface area contributed by atoms with E-state index in [9.17, 15) is 14.9 Å². The third-order valence-corrected chi connectivity index (χ3v) is 3.99. The molecule has 0 fully saturated rings. The number of benzene rings is 2. The predicted molar refractivity (Wildman–Crippen MR) is 105 cm³/mol. The topological polar surface area (TPSA) is 132 Å². The number of hydrazone groups is 1. The predicted octanol–water partition coefficient (Wildman–Crippen LogP) is 2.77. The van der Waals surface area contributed by atoms with Crippen LogP contribution in [0.25, 0.3) is 11.3 Å². The molecule has 148 valence electrons. The van der Waals surface area contributed by atoms with Gasteiger partial charge in [-0.05, 0) is 35.9 Å². The minimum absolute atomic E-state index is 0.0230. The molecule has 3 aromatic rings. The van der Waals surface area contributed by atoms with Crippen LogP contribution in [0.5, 0.6) is 11.5 Å². The van der Waals surface area contributed by atoms with Crippen molar-refractivity contribution in [1.29, 1.82) is 0 Å². The van der Waals surface area contributed by atoms with Gasteiger partial charge in [-0.3, -0.25) is 20.0 Å². The molecule has 1 aromatic heterocycles. The molecule has 0 atom stereocenters. The number of nitro groups is 1. The van der Waals surface area contributed by atoms with E-state index in [1.807, 2.05) is 0 Å². The van der Waals surface area contributed by atoms with Gasteiger partial charge in [0.1, 0.15) is 17.2 Å². The van der Waals surface area contributed by atoms with Crippen molar-refractivity contribution in [2.45, 2.75) is 0 Å². The second-order valence-electron chi connectivity index (χ2n) is 5.78. The van der Waals surface area contributed by atoms with Crippen LogP contribution in [-0.2, 0) is 0 Å². The Kier molecular flexibility index (Phi) is 5.83. The Bertz CT molecular complexity index is 1060. The van der Waals surface area contributed by atoms with Gasteiger partial charge in [0.25, 0.3) is 11.6 Å². The van der Waals surface area contributed by atoms with Crippen LogP contribution in [0.15, 0.2) is 53.6 Å². The summed E-state index contributed by atoms with van der Waals surface area (Å²) >= 11 is 0. The van der Waals surface area contributed by atoms with Crippen molar-refractivity contribution >= 4 is 17.8 Å². The molecule has 0 spiro atoms. The van der Waals surface area contributed by atoms with Crippen molar-refractivity contribution in [3.05, 3.63) is 69.9 Å². The Balaban J connectivity index is 1.69. The fourth-order valence-electron chi connectivity index (χ4n) is 2.49. The highest BCUT2D eigenvalue weighted by molar-refractivity contribution is 5.94. The van der Waals surface area contributed by atoms with Crippen LogP contribution in [0.4, 0.5) is 5.69 Å². The average Bonchev–Trinajstić information content (AvgIpc) is 3.23. The molecule has 10 nitrogen and oxygen atoms in total. The molecular weight excluding hydrogens is 378 g/mol. The zero-order valence-corrected chi connectivity index (χ0v) is 15.6. The van der Waals surface area contributed by atoms with Gasteiger partial charge in [0, 0.05) is 23.8 Å². The lowest BCUT2D eigenvalue weighted by molar-refractivity contribution is -0.384. The maximum absolute atomic E-state index is 12.2. The van der Waals surface area contributed by atoms with E-state index in [0.717, 1.165) is 0 Å². The lowest BCUT2D eigenvalue weighted by Gasteiger charge is -2.08. The van der Waals surface area contributed by atoms with E-state index in [1.54, 1.807) is 31.4 Å². The van der Waals surface area contributed by atoms with Crippen LogP contribution < -0.4 is 14.9 Å². The average molecular weight is 395 g/mol. The van der Waals surface area contributed by atoms with Crippen LogP contribution in [0.1, 0.15) is 16.1 Å². The number of hydrogen-bond donors (Lipinski definition) is 2. The summed E-state index contributed by atoms with van der Waals surface area (Å²) in [5.74, 6) is 0.702. The number of aromatic nitrogens is 2. The van der Waals surface area contributed by atoms with Crippen LogP contribution in [0.2, 0.25) is 0 Å². The molecule has 0 aliphatic rings. The van der Waals surface area contributed by atoms with E-state index in [-0.39, 0.29) is 11.4 Å². The number of nitrogens with one attached hydrogen (secondary N) is 2. The molecule has 2 aromatic carbocycles. The summed E-state index contributed by atoms with van der Waals surface area (Å²) < 4.78 is 10.5. The number of carbonyl (C=O) groups is 1. The van der Waals surface area contributed by atoms with E-state index in [0.29, 0.717) is 28.3 Å². The Morgan fingerprint density at radius 1 is 1.17 bits per heavy atom. The molecule has 1 amide bonds. The molecule has 0 saturated carbocycles. The standard InChI is InChI=1S/C19H17N5O5/c1-28-14-7-8-15(18(9-14)29-2)16-10-17(22-21-16)19(25)23-20-11-12-3-5-13(6-4-12)24(26)27/h3-11H,1-2H3,(H,21,22)(H,23,25)/b20-11-. The number of ether oxygens (including phenoxy) is 2. The number of nitro benzene ring substituents is 1. The normalized spacial score (nSPS) is 10.7. The van der Waals surface area contributed by atoms with Gasteiger partial charge in [0.05, 0.1) is 31.1 Å². The number of rotatable bonds is 7. The maximum atomic E-state index is 12.2. The first kappa shape index (κ1) is 19.5. The summed E-state index contributed by atoms with van der Waals surface area (Å²) in [5, 5.41) is 21.3. The lowest BCUT2D eigenvalue weighted by Crippen LogP contribution is -2.17. The van der Waals surface area contributed by atoms with E-state index in [2.05, 4.69) is 20.7 Å². The zero-order chi connectivity index (χ0) is 20.8. The number of nitrogens with zero attached hydrogens (tertiary/aromatic N) is 3. The van der Waals surface area contributed by atoms with Gasteiger partial charge in [-0.1, -0.05) is 0 Å². The molecule has 0 saturated heterocycles. The van der Waals surface area contributed by atoms with Crippen LogP contribution in [0.3, 0.4) is 0 Å². The SMILES string of the molecule is COc1ccc(-c2cc(C(=O)N/N=C\c3ccc([N+](=O)[O-])cc3)[nH]n2)c(OC)c1. The molecule has 0 radical (unpaired) electrons. The number of amides is 1. The summed E-state index contributed by atoms with van der Waals surface area (Å²) in [5.41, 5.74) is 4.37. The lowest BCUT2D eigenvalue weighted by atomic mass is 10.1. The number of H-pyrrole nitrogens is 1. The van der Waals surface area contributed by atoms with Crippen LogP contribution >= 0.6 is 0 Å². The number of non-ortho nitro benzene ring substituents is 1. The number of hydrogen-bond acceptors (Lipinski definition) is 7. The molecule has 0 aliphatic heterocycles. The summed E-state index contributed by atoms with van der Waals surface area (Å²) in [4.78, 5) is 22.4. The minimum Gasteiger partial charge on any atom is -0.497 e. The van der Waals surface area contributed by atoms with Crippen molar-refractivity contribution in [2.75, 3.05) is 14.2 Å². The van der Waals surface area contributed by atoms with E-state index >= 15 is 0 Å². The van der Waals surface area contributed by atoms with Crippen molar-refractivity contribution < 1.29 is 19.2 Å². The molecule has 1 heterocycles. The molecule has 29 heavy (non-hydrogen) atoms. The van der Waals surface area contributed by atoms with Crippen molar-refractivity contribution in [3.8, 4) is 22.8 Å². The number of methoxy groups -OCH3 is 2. The van der Waals surface area contributed by atoms with Gasteiger partial charge >= 0.3 is 0 Å². The van der Waals surface area contributed by atoms with E-state index in [4.69, 9.17) is 9.47 Å². The van der Waals surface area contributed by atoms with Gasteiger partial charge in [0.2, 0.25) is 0 Å². The van der Waals surface area contributed by atoms with Gasteiger partial charge in [-0.25, -0.2) is 5.43 Å². The molecule has 2 N–H and O–H groups in total. The molecule has 10 heteroatoms. The maximum Gasteiger partial charge on any atom is 0.289 e. The van der Waals surface area contributed by atoms with Gasteiger partial charge in [0.15, 0.2) is 0 Å². The molecule has 0 bridgehead atoms. The summed E-state index contributed by atoms with van der Waals surface area (Å²) in [6, 6.07) is 12.6. The first-order valence-corrected chi connectivity index (χ1v) is 8.37. The van der Waals surface area contributed by atoms with E-state index < -0.39 is 10.8 Å². The smallest absolute Gasteiger partial charge is 0.289 e. The summed E-state index contributed by atoms with van der Waals surface area (Å²) in [6.07, 6.45) is 1.38. The first-order valence-electron chi connectivity index (χ1n) is 8.37. The Morgan fingerprint density at radius 3 is 2.59 bits per heavy atom. The highest BCUT2D eigenvalue weighted by Gasteiger charge is 2.14. The van der Waals surface area contributed by atoms with Crippen molar-refractivity contribution in [3.63, 3.8) is 0 Å². The van der Waals surface area contributed by atoms with Gasteiger partial charge in [-0.2, -0.15) is 10.2 Å². The van der Waals surface area contributed by atoms with Crippen LogP contribution in [-0.4, -0.2) is 41.5 Å². The van der Waals surface area contributed by atoms with Gasteiger partial charge in [-0.15, -0.1) is 0 Å². The molecule has 0 unspecified atom stereocenters. The number of carbonyl (C=O) groups excluding carboxylic acids is 1. The Hall–Kier alpha value is -4.21. The summed E-state index contributed by atoms with van der Waals surface area (Å²) in [7, 11) is 3.09. The molecule has 3 rings (SSSR count). The monoisotopic (exact) mass is 395 g/mol. The Morgan fingerprint density at radius 2 is 1.93 bits per heavy atom. The molecular formula is C19H17N5O5. The fraction of sp³-hybridized carbons (Fsp3) is 0.105. The third-order valence-electron chi connectivity index (χ3n) is 3.99.